The number of aliphatic hydroxyl groups excluding tert-OH is 1. The van der Waals surface area contributed by atoms with Gasteiger partial charge < -0.3 is 5.11 Å². The predicted octanol–water partition coefficient (Wildman–Crippen LogP) is 2.94. The van der Waals surface area contributed by atoms with E-state index in [2.05, 4.69) is 4.98 Å². The molecule has 16 heavy (non-hydrogen) atoms. The Labute approximate surface area is 99.5 Å². The summed E-state index contributed by atoms with van der Waals surface area (Å²) in [7, 11) is 0. The maximum absolute atomic E-state index is 8.87. The summed E-state index contributed by atoms with van der Waals surface area (Å²) in [5.41, 5.74) is 2.64. The highest BCUT2D eigenvalue weighted by atomic mass is 35.5. The standard InChI is InChI=1S/C13H12ClNO/c14-12-6-2-1-5-11(12)13-7-3-4-10(15-13)8-9-16/h1-7,16H,8-9H2. The Bertz CT molecular complexity index is 485. The first kappa shape index (κ1) is 11.1. The molecule has 2 rings (SSSR count). The number of benzene rings is 1. The van der Waals surface area contributed by atoms with Crippen molar-refractivity contribution < 1.29 is 5.11 Å². The van der Waals surface area contributed by atoms with Gasteiger partial charge in [0.2, 0.25) is 0 Å². The quantitative estimate of drug-likeness (QED) is 0.884. The average Bonchev–Trinajstić information content (AvgIpc) is 2.30. The number of pyridine rings is 1. The van der Waals surface area contributed by atoms with Gasteiger partial charge in [-0.05, 0) is 18.2 Å². The molecule has 82 valence electrons. The van der Waals surface area contributed by atoms with E-state index in [-0.39, 0.29) is 6.61 Å². The monoisotopic (exact) mass is 233 g/mol. The number of hydrogen-bond donors (Lipinski definition) is 1. The fourth-order valence-electron chi connectivity index (χ4n) is 1.55. The van der Waals surface area contributed by atoms with Crippen molar-refractivity contribution in [2.24, 2.45) is 0 Å². The molecule has 0 aliphatic carbocycles. The molecule has 2 nitrogen and oxygen atoms in total. The molecule has 0 fully saturated rings. The number of nitrogens with zero attached hydrogens (tertiary/aromatic N) is 1. The molecule has 0 amide bonds. The van der Waals surface area contributed by atoms with Crippen LogP contribution in [0.2, 0.25) is 5.02 Å². The fraction of sp³-hybridized carbons (Fsp3) is 0.154. The smallest absolute Gasteiger partial charge is 0.0720 e. The van der Waals surface area contributed by atoms with Gasteiger partial charge in [0.1, 0.15) is 0 Å². The fourth-order valence-corrected chi connectivity index (χ4v) is 1.78. The number of halogens is 1. The van der Waals surface area contributed by atoms with E-state index in [0.29, 0.717) is 11.4 Å². The number of rotatable bonds is 3. The minimum atomic E-state index is 0.110. The van der Waals surface area contributed by atoms with Gasteiger partial charge in [-0.2, -0.15) is 0 Å². The van der Waals surface area contributed by atoms with Crippen LogP contribution >= 0.6 is 11.6 Å². The Morgan fingerprint density at radius 3 is 2.62 bits per heavy atom. The minimum absolute atomic E-state index is 0.110. The molecule has 0 saturated heterocycles. The van der Waals surface area contributed by atoms with E-state index >= 15 is 0 Å². The van der Waals surface area contributed by atoms with Crippen molar-refractivity contribution in [2.45, 2.75) is 6.42 Å². The van der Waals surface area contributed by atoms with Crippen LogP contribution in [0.4, 0.5) is 0 Å². The Balaban J connectivity index is 2.40. The summed E-state index contributed by atoms with van der Waals surface area (Å²) in [5.74, 6) is 0. The molecular weight excluding hydrogens is 222 g/mol. The van der Waals surface area contributed by atoms with Crippen LogP contribution in [0.3, 0.4) is 0 Å². The topological polar surface area (TPSA) is 33.1 Å². The minimum Gasteiger partial charge on any atom is -0.396 e. The average molecular weight is 234 g/mol. The largest absolute Gasteiger partial charge is 0.396 e. The third kappa shape index (κ3) is 2.40. The van der Waals surface area contributed by atoms with Crippen molar-refractivity contribution in [1.29, 1.82) is 0 Å². The maximum atomic E-state index is 8.87. The Morgan fingerprint density at radius 2 is 1.88 bits per heavy atom. The number of hydrogen-bond acceptors (Lipinski definition) is 2. The van der Waals surface area contributed by atoms with Crippen LogP contribution in [0, 0.1) is 0 Å². The van der Waals surface area contributed by atoms with Crippen LogP contribution in [-0.4, -0.2) is 16.7 Å². The molecule has 3 heteroatoms. The molecule has 0 saturated carbocycles. The molecule has 1 heterocycles. The summed E-state index contributed by atoms with van der Waals surface area (Å²) in [4.78, 5) is 4.45. The summed E-state index contributed by atoms with van der Waals surface area (Å²) >= 11 is 6.10. The predicted molar refractivity (Wildman–Crippen MR) is 65.5 cm³/mol. The second kappa shape index (κ2) is 5.10. The summed E-state index contributed by atoms with van der Waals surface area (Å²) in [5, 5.41) is 9.56. The van der Waals surface area contributed by atoms with Gasteiger partial charge in [-0.15, -0.1) is 0 Å². The van der Waals surface area contributed by atoms with E-state index in [9.17, 15) is 0 Å². The van der Waals surface area contributed by atoms with Crippen molar-refractivity contribution >= 4 is 11.6 Å². The highest BCUT2D eigenvalue weighted by Crippen LogP contribution is 2.25. The zero-order valence-corrected chi connectivity index (χ0v) is 9.48. The van der Waals surface area contributed by atoms with Crippen molar-refractivity contribution in [3.05, 3.63) is 53.2 Å². The van der Waals surface area contributed by atoms with Gasteiger partial charge in [0.25, 0.3) is 0 Å². The van der Waals surface area contributed by atoms with Gasteiger partial charge in [0.05, 0.1) is 5.69 Å². The van der Waals surface area contributed by atoms with Crippen molar-refractivity contribution in [2.75, 3.05) is 6.61 Å². The van der Waals surface area contributed by atoms with Gasteiger partial charge in [-0.3, -0.25) is 4.98 Å². The van der Waals surface area contributed by atoms with Crippen LogP contribution in [0.5, 0.6) is 0 Å². The molecule has 0 spiro atoms. The second-order valence-electron chi connectivity index (χ2n) is 3.47. The molecule has 0 unspecified atom stereocenters. The molecule has 0 radical (unpaired) electrons. The SMILES string of the molecule is OCCc1cccc(-c2ccccc2Cl)n1. The third-order valence-corrected chi connectivity index (χ3v) is 2.65. The Kier molecular flexibility index (Phi) is 3.54. The zero-order valence-electron chi connectivity index (χ0n) is 8.73. The van der Waals surface area contributed by atoms with E-state index in [1.54, 1.807) is 0 Å². The second-order valence-corrected chi connectivity index (χ2v) is 3.87. The normalized spacial score (nSPS) is 10.4. The maximum Gasteiger partial charge on any atom is 0.0720 e. The van der Waals surface area contributed by atoms with Gasteiger partial charge in [-0.25, -0.2) is 0 Å². The van der Waals surface area contributed by atoms with Gasteiger partial charge >= 0.3 is 0 Å². The summed E-state index contributed by atoms with van der Waals surface area (Å²) in [6, 6.07) is 13.4. The molecule has 1 aromatic heterocycles. The summed E-state index contributed by atoms with van der Waals surface area (Å²) in [6.45, 7) is 0.110. The molecule has 0 atom stereocenters. The highest BCUT2D eigenvalue weighted by molar-refractivity contribution is 6.33. The van der Waals surface area contributed by atoms with E-state index < -0.39 is 0 Å². The van der Waals surface area contributed by atoms with Gasteiger partial charge in [0, 0.05) is 29.3 Å². The first-order valence-electron chi connectivity index (χ1n) is 5.13. The Morgan fingerprint density at radius 1 is 1.06 bits per heavy atom. The molecule has 0 aliphatic rings. The molecule has 1 aromatic carbocycles. The number of aromatic nitrogens is 1. The van der Waals surface area contributed by atoms with Crippen LogP contribution in [0.15, 0.2) is 42.5 Å². The summed E-state index contributed by atoms with van der Waals surface area (Å²) in [6.07, 6.45) is 0.568. The lowest BCUT2D eigenvalue weighted by Crippen LogP contribution is -1.95. The van der Waals surface area contributed by atoms with Crippen molar-refractivity contribution in [1.82, 2.24) is 4.98 Å². The van der Waals surface area contributed by atoms with E-state index in [1.165, 1.54) is 0 Å². The van der Waals surface area contributed by atoms with Gasteiger partial charge in [0.15, 0.2) is 0 Å². The zero-order chi connectivity index (χ0) is 11.4. The molecule has 1 N–H and O–H groups in total. The first-order chi connectivity index (χ1) is 7.81. The van der Waals surface area contributed by atoms with Crippen molar-refractivity contribution in [3.63, 3.8) is 0 Å². The first-order valence-corrected chi connectivity index (χ1v) is 5.51. The highest BCUT2D eigenvalue weighted by Gasteiger charge is 2.04. The molecular formula is C13H12ClNO. The number of aliphatic hydroxyl groups is 1. The third-order valence-electron chi connectivity index (χ3n) is 2.32. The van der Waals surface area contributed by atoms with E-state index in [1.807, 2.05) is 42.5 Å². The summed E-state index contributed by atoms with van der Waals surface area (Å²) < 4.78 is 0. The van der Waals surface area contributed by atoms with Crippen LogP contribution in [0.1, 0.15) is 5.69 Å². The van der Waals surface area contributed by atoms with Crippen LogP contribution < -0.4 is 0 Å². The van der Waals surface area contributed by atoms with E-state index in [0.717, 1.165) is 17.0 Å². The van der Waals surface area contributed by atoms with Gasteiger partial charge in [-0.1, -0.05) is 35.9 Å². The lowest BCUT2D eigenvalue weighted by molar-refractivity contribution is 0.298. The van der Waals surface area contributed by atoms with Crippen LogP contribution in [0.25, 0.3) is 11.3 Å². The molecule has 0 aliphatic heterocycles. The van der Waals surface area contributed by atoms with Crippen molar-refractivity contribution in [3.8, 4) is 11.3 Å². The van der Waals surface area contributed by atoms with Crippen LogP contribution in [-0.2, 0) is 6.42 Å². The lowest BCUT2D eigenvalue weighted by atomic mass is 10.1. The van der Waals surface area contributed by atoms with E-state index in [4.69, 9.17) is 16.7 Å². The molecule has 2 aromatic rings. The lowest BCUT2D eigenvalue weighted by Gasteiger charge is -2.05. The Hall–Kier alpha value is -1.38. The molecule has 0 bridgehead atoms.